The number of halogens is 2. The number of allylic oxidation sites excluding steroid dienone is 1. The van der Waals surface area contributed by atoms with Gasteiger partial charge in [-0.2, -0.15) is 5.10 Å². The lowest BCUT2D eigenvalue weighted by Gasteiger charge is -2.13. The first-order valence-electron chi connectivity index (χ1n) is 10.2. The number of fused-ring (bicyclic) bond motifs is 1. The van der Waals surface area contributed by atoms with E-state index in [1.807, 2.05) is 43.3 Å². The average Bonchev–Trinajstić information content (AvgIpc) is 3.11. The molecule has 0 radical (unpaired) electrons. The Kier molecular flexibility index (Phi) is 6.05. The summed E-state index contributed by atoms with van der Waals surface area (Å²) in [7, 11) is 3.68. The molecule has 8 heteroatoms. The van der Waals surface area contributed by atoms with E-state index in [4.69, 9.17) is 10.5 Å². The molecule has 0 bridgehead atoms. The minimum Gasteiger partial charge on any atom is -0.486 e. The normalized spacial score (nSPS) is 12.7. The molecule has 0 aliphatic heterocycles. The van der Waals surface area contributed by atoms with Crippen LogP contribution in [0.1, 0.15) is 16.7 Å². The van der Waals surface area contributed by atoms with Gasteiger partial charge < -0.3 is 15.4 Å². The highest BCUT2D eigenvalue weighted by Crippen LogP contribution is 2.28. The highest BCUT2D eigenvalue weighted by Gasteiger charge is 2.16. The molecular weight excluding hydrogens is 414 g/mol. The van der Waals surface area contributed by atoms with E-state index in [0.29, 0.717) is 6.54 Å². The molecule has 0 fully saturated rings. The van der Waals surface area contributed by atoms with Crippen LogP contribution >= 0.6 is 0 Å². The molecule has 1 aromatic heterocycles. The molecule has 4 rings (SSSR count). The zero-order valence-electron chi connectivity index (χ0n) is 17.9. The highest BCUT2D eigenvalue weighted by molar-refractivity contribution is 5.71. The lowest BCUT2D eigenvalue weighted by molar-refractivity contribution is 0.242. The number of ether oxygens (including phenoxy) is 1. The quantitative estimate of drug-likeness (QED) is 0.614. The Morgan fingerprint density at radius 3 is 2.59 bits per heavy atom. The maximum Gasteiger partial charge on any atom is 0.267 e. The Bertz CT molecular complexity index is 1230. The number of hydrogen-bond acceptors (Lipinski definition) is 5. The highest BCUT2D eigenvalue weighted by atomic mass is 19.1. The maximum absolute atomic E-state index is 14.5. The molecule has 1 aliphatic carbocycles. The minimum absolute atomic E-state index is 0.157. The van der Waals surface area contributed by atoms with E-state index in [-0.39, 0.29) is 30.0 Å². The summed E-state index contributed by atoms with van der Waals surface area (Å²) >= 11 is 0. The van der Waals surface area contributed by atoms with E-state index in [9.17, 15) is 13.6 Å². The molecule has 32 heavy (non-hydrogen) atoms. The Hall–Kier alpha value is -3.52. The molecule has 166 valence electrons. The molecule has 0 saturated heterocycles. The molecule has 2 N–H and O–H groups in total. The van der Waals surface area contributed by atoms with Gasteiger partial charge in [-0.1, -0.05) is 18.2 Å². The smallest absolute Gasteiger partial charge is 0.267 e. The summed E-state index contributed by atoms with van der Waals surface area (Å²) in [5.74, 6) is -2.06. The molecule has 2 aromatic carbocycles. The number of hydrogen-bond donors (Lipinski definition) is 1. The average molecular weight is 438 g/mol. The standard InChI is InChI=1S/C24H24F2N4O2/c1-29(2)9-10-32-24-19(25)12-17(13-20(24)26)22-7-8-23(31)30(28-22)14-15-3-4-16-5-6-21(27)18(16)11-15/h3-4,6-8,11-13H,5,9-10,14,27H2,1-2H3. The molecule has 0 spiro atoms. The molecule has 1 heterocycles. The van der Waals surface area contributed by atoms with Crippen molar-refractivity contribution in [3.8, 4) is 17.0 Å². The third-order valence-corrected chi connectivity index (χ3v) is 5.31. The van der Waals surface area contributed by atoms with E-state index in [1.54, 1.807) is 0 Å². The van der Waals surface area contributed by atoms with Gasteiger partial charge in [0.15, 0.2) is 17.4 Å². The minimum atomic E-state index is -0.820. The summed E-state index contributed by atoms with van der Waals surface area (Å²) in [5, 5.41) is 4.33. The predicted octanol–water partition coefficient (Wildman–Crippen LogP) is 3.03. The molecule has 1 aliphatic rings. The molecule has 3 aromatic rings. The number of benzene rings is 2. The molecule has 0 unspecified atom stereocenters. The van der Waals surface area contributed by atoms with Crippen LogP contribution in [0.3, 0.4) is 0 Å². The van der Waals surface area contributed by atoms with Crippen molar-refractivity contribution in [3.05, 3.63) is 87.2 Å². The maximum atomic E-state index is 14.5. The predicted molar refractivity (Wildman–Crippen MR) is 119 cm³/mol. The fourth-order valence-electron chi connectivity index (χ4n) is 3.56. The monoisotopic (exact) mass is 438 g/mol. The second-order valence-electron chi connectivity index (χ2n) is 7.99. The first-order valence-corrected chi connectivity index (χ1v) is 10.2. The number of rotatable bonds is 7. The van der Waals surface area contributed by atoms with Crippen molar-refractivity contribution in [3.63, 3.8) is 0 Å². The van der Waals surface area contributed by atoms with Crippen LogP contribution in [-0.4, -0.2) is 41.9 Å². The summed E-state index contributed by atoms with van der Waals surface area (Å²) in [5.41, 5.74) is 9.87. The molecule has 6 nitrogen and oxygen atoms in total. The van der Waals surface area contributed by atoms with Crippen LogP contribution in [0.25, 0.3) is 17.0 Å². The van der Waals surface area contributed by atoms with Crippen molar-refractivity contribution in [2.45, 2.75) is 13.0 Å². The van der Waals surface area contributed by atoms with Gasteiger partial charge >= 0.3 is 0 Å². The summed E-state index contributed by atoms with van der Waals surface area (Å²) in [6, 6.07) is 10.9. The summed E-state index contributed by atoms with van der Waals surface area (Å²) in [4.78, 5) is 14.2. The second-order valence-corrected chi connectivity index (χ2v) is 7.99. The molecule has 0 saturated carbocycles. The zero-order valence-corrected chi connectivity index (χ0v) is 17.9. The molecule has 0 amide bonds. The van der Waals surface area contributed by atoms with Crippen LogP contribution in [0, 0.1) is 11.6 Å². The van der Waals surface area contributed by atoms with E-state index in [0.717, 1.165) is 40.9 Å². The van der Waals surface area contributed by atoms with Crippen LogP contribution in [0.2, 0.25) is 0 Å². The van der Waals surface area contributed by atoms with Gasteiger partial charge in [0.05, 0.1) is 12.2 Å². The van der Waals surface area contributed by atoms with Gasteiger partial charge in [-0.3, -0.25) is 4.79 Å². The Labute approximate surface area is 184 Å². The van der Waals surface area contributed by atoms with Crippen LogP contribution in [0.15, 0.2) is 53.3 Å². The summed E-state index contributed by atoms with van der Waals surface area (Å²) in [6.07, 6.45) is 2.75. The topological polar surface area (TPSA) is 73.4 Å². The first-order chi connectivity index (χ1) is 15.3. The number of aromatic nitrogens is 2. The zero-order chi connectivity index (χ0) is 22.8. The van der Waals surface area contributed by atoms with Crippen LogP contribution in [-0.2, 0) is 13.0 Å². The Balaban J connectivity index is 1.60. The van der Waals surface area contributed by atoms with Gasteiger partial charge in [-0.05, 0) is 55.9 Å². The van der Waals surface area contributed by atoms with Crippen molar-refractivity contribution < 1.29 is 13.5 Å². The fraction of sp³-hybridized carbons (Fsp3) is 0.250. The van der Waals surface area contributed by atoms with Gasteiger partial charge in [-0.25, -0.2) is 13.5 Å². The lowest BCUT2D eigenvalue weighted by atomic mass is 10.1. The van der Waals surface area contributed by atoms with Gasteiger partial charge in [0.25, 0.3) is 5.56 Å². The Morgan fingerprint density at radius 1 is 1.12 bits per heavy atom. The lowest BCUT2D eigenvalue weighted by Crippen LogP contribution is -2.23. The van der Waals surface area contributed by atoms with Crippen molar-refractivity contribution in [2.24, 2.45) is 5.73 Å². The van der Waals surface area contributed by atoms with Crippen molar-refractivity contribution >= 4 is 5.70 Å². The number of nitrogens with two attached hydrogens (primary N) is 1. The third-order valence-electron chi connectivity index (χ3n) is 5.31. The Morgan fingerprint density at radius 2 is 1.88 bits per heavy atom. The van der Waals surface area contributed by atoms with Crippen molar-refractivity contribution in [1.29, 1.82) is 0 Å². The van der Waals surface area contributed by atoms with Crippen LogP contribution in [0.5, 0.6) is 5.75 Å². The number of likely N-dealkylation sites (N-methyl/N-ethyl adjacent to an activating group) is 1. The van der Waals surface area contributed by atoms with E-state index >= 15 is 0 Å². The first kappa shape index (κ1) is 21.7. The van der Waals surface area contributed by atoms with Crippen LogP contribution in [0.4, 0.5) is 8.78 Å². The van der Waals surface area contributed by atoms with Gasteiger partial charge in [-0.15, -0.1) is 0 Å². The third kappa shape index (κ3) is 4.55. The molecule has 0 atom stereocenters. The van der Waals surface area contributed by atoms with Crippen molar-refractivity contribution in [2.75, 3.05) is 27.2 Å². The SMILES string of the molecule is CN(C)CCOc1c(F)cc(-c2ccc(=O)n(Cc3ccc4c(c3)C(N)=CC4)n2)cc1F. The van der Waals surface area contributed by atoms with E-state index in [2.05, 4.69) is 5.10 Å². The summed E-state index contributed by atoms with van der Waals surface area (Å²) < 4.78 is 35.6. The van der Waals surface area contributed by atoms with Gasteiger partial charge in [0.2, 0.25) is 0 Å². The fourth-order valence-corrected chi connectivity index (χ4v) is 3.56. The van der Waals surface area contributed by atoms with Gasteiger partial charge in [0, 0.05) is 29.4 Å². The second kappa shape index (κ2) is 8.92. The largest absolute Gasteiger partial charge is 0.486 e. The van der Waals surface area contributed by atoms with Crippen LogP contribution < -0.4 is 16.0 Å². The number of nitrogens with zero attached hydrogens (tertiary/aromatic N) is 3. The molecular formula is C24H24F2N4O2. The van der Waals surface area contributed by atoms with E-state index < -0.39 is 17.4 Å². The van der Waals surface area contributed by atoms with Gasteiger partial charge in [0.1, 0.15) is 6.61 Å². The van der Waals surface area contributed by atoms with E-state index in [1.165, 1.54) is 16.8 Å². The summed E-state index contributed by atoms with van der Waals surface area (Å²) in [6.45, 7) is 0.894. The van der Waals surface area contributed by atoms with Crippen molar-refractivity contribution in [1.82, 2.24) is 14.7 Å².